The molecule has 0 saturated heterocycles. The minimum absolute atomic E-state index is 0.405. The zero-order valence-corrected chi connectivity index (χ0v) is 8.45. The fourth-order valence-electron chi connectivity index (χ4n) is 1.27. The van der Waals surface area contributed by atoms with Crippen LogP contribution in [0.5, 0.6) is 5.75 Å². The van der Waals surface area contributed by atoms with Gasteiger partial charge in [0, 0.05) is 0 Å². The zero-order valence-electron chi connectivity index (χ0n) is 6.87. The Balaban J connectivity index is 2.47. The van der Waals surface area contributed by atoms with Crippen LogP contribution in [0, 0.1) is 0 Å². The average molecular weight is 245 g/mol. The number of hydrogen-bond donors (Lipinski definition) is 1. The van der Waals surface area contributed by atoms with Crippen LogP contribution in [-0.4, -0.2) is 18.3 Å². The van der Waals surface area contributed by atoms with E-state index in [0.717, 1.165) is 4.47 Å². The van der Waals surface area contributed by atoms with Gasteiger partial charge in [0.25, 0.3) is 0 Å². The summed E-state index contributed by atoms with van der Waals surface area (Å²) in [5.74, 6) is 0.674. The second kappa shape index (κ2) is 3.65. The Labute approximate surface area is 84.4 Å². The number of ether oxygens (including phenoxy) is 2. The molecule has 13 heavy (non-hydrogen) atoms. The van der Waals surface area contributed by atoms with E-state index < -0.39 is 6.29 Å². The van der Waals surface area contributed by atoms with Crippen LogP contribution in [0.4, 0.5) is 0 Å². The molecule has 1 aromatic rings. The van der Waals surface area contributed by atoms with Crippen molar-refractivity contribution in [2.24, 2.45) is 0 Å². The first kappa shape index (κ1) is 8.99. The smallest absolute Gasteiger partial charge is 0.184 e. The lowest BCUT2D eigenvalue weighted by Gasteiger charge is -2.10. The number of para-hydroxylation sites is 1. The zero-order chi connectivity index (χ0) is 9.26. The van der Waals surface area contributed by atoms with Crippen LogP contribution >= 0.6 is 15.9 Å². The maximum atomic E-state index is 9.54. The molecule has 0 saturated carbocycles. The molecule has 0 fully saturated rings. The number of fused-ring (bicyclic) bond motifs is 1. The largest absolute Gasteiger partial charge is 0.490 e. The normalized spacial score (nSPS) is 21.5. The Hall–Kier alpha value is -0.580. The first-order valence-electron chi connectivity index (χ1n) is 4.00. The van der Waals surface area contributed by atoms with Gasteiger partial charge in [-0.15, -0.1) is 0 Å². The third-order valence-electron chi connectivity index (χ3n) is 1.87. The Morgan fingerprint density at radius 3 is 3.08 bits per heavy atom. The maximum Gasteiger partial charge on any atom is 0.184 e. The van der Waals surface area contributed by atoms with Crippen LogP contribution in [-0.2, 0) is 4.74 Å². The van der Waals surface area contributed by atoms with E-state index >= 15 is 0 Å². The van der Waals surface area contributed by atoms with Crippen LogP contribution in [0.2, 0.25) is 0 Å². The lowest BCUT2D eigenvalue weighted by Crippen LogP contribution is -2.04. The molecule has 1 aromatic carbocycles. The maximum absolute atomic E-state index is 9.54. The van der Waals surface area contributed by atoms with Gasteiger partial charge in [-0.05, 0) is 22.0 Å². The minimum atomic E-state index is -0.880. The summed E-state index contributed by atoms with van der Waals surface area (Å²) in [5.41, 5.74) is 0.673. The molecular formula is C9H9BrO3. The summed E-state index contributed by atoms with van der Waals surface area (Å²) in [6.45, 7) is 0.870. The molecule has 0 amide bonds. The Morgan fingerprint density at radius 2 is 2.23 bits per heavy atom. The van der Waals surface area contributed by atoms with Gasteiger partial charge in [0.05, 0.1) is 16.6 Å². The number of hydrogen-bond acceptors (Lipinski definition) is 3. The van der Waals surface area contributed by atoms with Crippen LogP contribution < -0.4 is 4.74 Å². The summed E-state index contributed by atoms with van der Waals surface area (Å²) in [6.07, 6.45) is -0.880. The van der Waals surface area contributed by atoms with Gasteiger partial charge in [0.1, 0.15) is 12.4 Å². The van der Waals surface area contributed by atoms with Crippen LogP contribution in [0.15, 0.2) is 22.7 Å². The predicted octanol–water partition coefficient (Wildman–Crippen LogP) is 1.85. The second-order valence-electron chi connectivity index (χ2n) is 2.73. The Kier molecular flexibility index (Phi) is 2.53. The molecule has 0 bridgehead atoms. The number of aliphatic hydroxyl groups is 1. The highest BCUT2D eigenvalue weighted by atomic mass is 79.9. The first-order chi connectivity index (χ1) is 6.29. The Morgan fingerprint density at radius 1 is 1.38 bits per heavy atom. The summed E-state index contributed by atoms with van der Waals surface area (Å²) in [5, 5.41) is 9.54. The molecule has 1 heterocycles. The average Bonchev–Trinajstić information content (AvgIpc) is 2.30. The van der Waals surface area contributed by atoms with Gasteiger partial charge in [0.15, 0.2) is 6.29 Å². The topological polar surface area (TPSA) is 38.7 Å². The van der Waals surface area contributed by atoms with E-state index in [1.54, 1.807) is 6.07 Å². The van der Waals surface area contributed by atoms with Crippen molar-refractivity contribution in [1.29, 1.82) is 0 Å². The molecule has 0 spiro atoms. The van der Waals surface area contributed by atoms with Crippen molar-refractivity contribution in [2.75, 3.05) is 13.2 Å². The number of benzene rings is 1. The van der Waals surface area contributed by atoms with Crippen LogP contribution in [0.1, 0.15) is 11.9 Å². The van der Waals surface area contributed by atoms with Crippen molar-refractivity contribution in [1.82, 2.24) is 0 Å². The highest BCUT2D eigenvalue weighted by Crippen LogP contribution is 2.34. The molecular weight excluding hydrogens is 236 g/mol. The third-order valence-corrected chi connectivity index (χ3v) is 2.49. The van der Waals surface area contributed by atoms with Crippen molar-refractivity contribution < 1.29 is 14.6 Å². The van der Waals surface area contributed by atoms with Crippen molar-refractivity contribution in [2.45, 2.75) is 6.29 Å². The first-order valence-corrected chi connectivity index (χ1v) is 4.79. The molecule has 4 heteroatoms. The lowest BCUT2D eigenvalue weighted by atomic mass is 10.2. The fraction of sp³-hybridized carbons (Fsp3) is 0.333. The van der Waals surface area contributed by atoms with E-state index in [9.17, 15) is 5.11 Å². The lowest BCUT2D eigenvalue weighted by molar-refractivity contribution is -0.100. The molecule has 70 valence electrons. The van der Waals surface area contributed by atoms with Crippen LogP contribution in [0.3, 0.4) is 0 Å². The summed E-state index contributed by atoms with van der Waals surface area (Å²) in [4.78, 5) is 0. The van der Waals surface area contributed by atoms with Gasteiger partial charge < -0.3 is 14.6 Å². The summed E-state index contributed by atoms with van der Waals surface area (Å²) in [7, 11) is 0. The summed E-state index contributed by atoms with van der Waals surface area (Å²) >= 11 is 3.35. The van der Waals surface area contributed by atoms with Crippen molar-refractivity contribution in [3.05, 3.63) is 28.2 Å². The molecule has 1 aliphatic rings. The van der Waals surface area contributed by atoms with Crippen molar-refractivity contribution in [3.8, 4) is 5.75 Å². The number of rotatable bonds is 0. The van der Waals surface area contributed by atoms with Gasteiger partial charge in [0.2, 0.25) is 0 Å². The second-order valence-corrected chi connectivity index (χ2v) is 3.58. The summed E-state index contributed by atoms with van der Waals surface area (Å²) < 4.78 is 11.4. The fourth-order valence-corrected chi connectivity index (χ4v) is 1.76. The van der Waals surface area contributed by atoms with Gasteiger partial charge in [-0.1, -0.05) is 12.1 Å². The van der Waals surface area contributed by atoms with Crippen LogP contribution in [0.25, 0.3) is 0 Å². The predicted molar refractivity (Wildman–Crippen MR) is 50.5 cm³/mol. The highest BCUT2D eigenvalue weighted by molar-refractivity contribution is 9.10. The monoisotopic (exact) mass is 244 g/mol. The summed E-state index contributed by atoms with van der Waals surface area (Å²) in [6, 6.07) is 5.50. The SMILES string of the molecule is OC1OCCOc2c(Br)cccc21. The molecule has 0 aromatic heterocycles. The van der Waals surface area contributed by atoms with Gasteiger partial charge >= 0.3 is 0 Å². The number of halogens is 1. The van der Waals surface area contributed by atoms with Crippen molar-refractivity contribution in [3.63, 3.8) is 0 Å². The van der Waals surface area contributed by atoms with Crippen molar-refractivity contribution >= 4 is 15.9 Å². The number of aliphatic hydroxyl groups excluding tert-OH is 1. The molecule has 1 unspecified atom stereocenters. The molecule has 2 rings (SSSR count). The molecule has 0 radical (unpaired) electrons. The molecule has 1 N–H and O–H groups in total. The van der Waals surface area contributed by atoms with Gasteiger partial charge in [-0.2, -0.15) is 0 Å². The van der Waals surface area contributed by atoms with E-state index in [1.165, 1.54) is 0 Å². The minimum Gasteiger partial charge on any atom is -0.490 e. The van der Waals surface area contributed by atoms with Gasteiger partial charge in [-0.3, -0.25) is 0 Å². The van der Waals surface area contributed by atoms with E-state index in [1.807, 2.05) is 12.1 Å². The third kappa shape index (κ3) is 1.70. The van der Waals surface area contributed by atoms with E-state index in [2.05, 4.69) is 15.9 Å². The standard InChI is InChI=1S/C9H9BrO3/c10-7-3-1-2-6-8(7)12-4-5-13-9(6)11/h1-3,9,11H,4-5H2. The molecule has 1 atom stereocenters. The van der Waals surface area contributed by atoms with E-state index in [0.29, 0.717) is 24.5 Å². The van der Waals surface area contributed by atoms with Gasteiger partial charge in [-0.25, -0.2) is 0 Å². The molecule has 3 nitrogen and oxygen atoms in total. The Bertz CT molecular complexity index is 314. The molecule has 1 aliphatic heterocycles. The van der Waals surface area contributed by atoms with E-state index in [4.69, 9.17) is 9.47 Å². The highest BCUT2D eigenvalue weighted by Gasteiger charge is 2.19. The van der Waals surface area contributed by atoms with E-state index in [-0.39, 0.29) is 0 Å². The quantitative estimate of drug-likeness (QED) is 0.758. The molecule has 0 aliphatic carbocycles.